The molecule has 0 aromatic heterocycles. The van der Waals surface area contributed by atoms with Crippen molar-refractivity contribution in [3.05, 3.63) is 47.7 Å². The van der Waals surface area contributed by atoms with E-state index in [0.717, 1.165) is 49.7 Å². The average Bonchev–Trinajstić information content (AvgIpc) is 3.26. The van der Waals surface area contributed by atoms with E-state index in [-0.39, 0.29) is 18.1 Å². The number of esters is 1. The summed E-state index contributed by atoms with van der Waals surface area (Å²) < 4.78 is 10.7. The highest BCUT2D eigenvalue weighted by Crippen LogP contribution is 2.29. The van der Waals surface area contributed by atoms with E-state index < -0.39 is 6.09 Å². The van der Waals surface area contributed by atoms with Crippen LogP contribution in [0, 0.1) is 5.92 Å². The van der Waals surface area contributed by atoms with Gasteiger partial charge in [-0.1, -0.05) is 50.1 Å². The van der Waals surface area contributed by atoms with E-state index in [1.165, 1.54) is 19.3 Å². The smallest absolute Gasteiger partial charge is 0.412 e. The lowest BCUT2D eigenvalue weighted by Gasteiger charge is -2.30. The molecule has 0 unspecified atom stereocenters. The van der Waals surface area contributed by atoms with Crippen LogP contribution in [-0.2, 0) is 27.4 Å². The maximum absolute atomic E-state index is 13.0. The van der Waals surface area contributed by atoms with E-state index in [1.54, 1.807) is 6.92 Å². The third kappa shape index (κ3) is 7.69. The Kier molecular flexibility index (Phi) is 8.95. The van der Waals surface area contributed by atoms with Crippen molar-refractivity contribution in [3.63, 3.8) is 0 Å². The first-order chi connectivity index (χ1) is 15.0. The summed E-state index contributed by atoms with van der Waals surface area (Å²) in [6.07, 6.45) is 9.72. The van der Waals surface area contributed by atoms with E-state index in [0.29, 0.717) is 24.8 Å². The summed E-state index contributed by atoms with van der Waals surface area (Å²) in [6, 6.07) is 7.76. The van der Waals surface area contributed by atoms with Gasteiger partial charge in [0.05, 0.1) is 5.76 Å². The molecule has 2 fully saturated rings. The second-order valence-electron chi connectivity index (χ2n) is 8.86. The van der Waals surface area contributed by atoms with Gasteiger partial charge >= 0.3 is 12.1 Å². The molecule has 2 N–H and O–H groups in total. The Morgan fingerprint density at radius 2 is 1.55 bits per heavy atom. The third-order valence-corrected chi connectivity index (χ3v) is 6.21. The number of hydrogen-bond donors (Lipinski definition) is 2. The molecule has 170 valence electrons. The van der Waals surface area contributed by atoms with E-state index in [2.05, 4.69) is 17.2 Å². The largest absolute Gasteiger partial charge is 0.461 e. The quantitative estimate of drug-likeness (QED) is 0.429. The molecule has 1 aromatic carbocycles. The first kappa shape index (κ1) is 23.3. The lowest BCUT2D eigenvalue weighted by atomic mass is 9.83. The van der Waals surface area contributed by atoms with Gasteiger partial charge in [0.15, 0.2) is 0 Å². The predicted molar refractivity (Wildman–Crippen MR) is 120 cm³/mol. The zero-order chi connectivity index (χ0) is 22.1. The van der Waals surface area contributed by atoms with Crippen LogP contribution in [0.5, 0.6) is 0 Å². The molecule has 0 bridgehead atoms. The Morgan fingerprint density at radius 3 is 2.16 bits per heavy atom. The highest BCUT2D eigenvalue weighted by Gasteiger charge is 2.32. The molecule has 6 nitrogen and oxygen atoms in total. The Balaban J connectivity index is 1.52. The van der Waals surface area contributed by atoms with Crippen LogP contribution in [0.15, 0.2) is 36.6 Å². The van der Waals surface area contributed by atoms with Crippen LogP contribution in [-0.4, -0.2) is 24.2 Å². The van der Waals surface area contributed by atoms with Crippen molar-refractivity contribution in [3.8, 4) is 0 Å². The monoisotopic (exact) mass is 428 g/mol. The predicted octanol–water partition coefficient (Wildman–Crippen LogP) is 4.97. The van der Waals surface area contributed by atoms with Gasteiger partial charge in [-0.15, -0.1) is 0 Å². The lowest BCUT2D eigenvalue weighted by Crippen LogP contribution is -2.45. The van der Waals surface area contributed by atoms with E-state index in [1.807, 2.05) is 24.3 Å². The first-order valence-corrected chi connectivity index (χ1v) is 11.6. The van der Waals surface area contributed by atoms with Crippen LogP contribution >= 0.6 is 0 Å². The van der Waals surface area contributed by atoms with Gasteiger partial charge in [0.1, 0.15) is 12.1 Å². The van der Waals surface area contributed by atoms with Gasteiger partial charge in [0.2, 0.25) is 0 Å². The number of amides is 1. The van der Waals surface area contributed by atoms with Crippen LogP contribution < -0.4 is 10.6 Å². The van der Waals surface area contributed by atoms with Crippen molar-refractivity contribution in [1.82, 2.24) is 10.6 Å². The van der Waals surface area contributed by atoms with Crippen LogP contribution in [0.2, 0.25) is 0 Å². The second kappa shape index (κ2) is 11.9. The number of hydrogen-bond acceptors (Lipinski definition) is 5. The molecular formula is C25H36N2O4. The van der Waals surface area contributed by atoms with Gasteiger partial charge in [0, 0.05) is 13.1 Å². The van der Waals surface area contributed by atoms with Crippen molar-refractivity contribution in [2.24, 2.45) is 5.92 Å². The Morgan fingerprint density at radius 1 is 0.968 bits per heavy atom. The molecule has 1 amide bonds. The molecule has 6 heteroatoms. The molecule has 2 saturated carbocycles. The summed E-state index contributed by atoms with van der Waals surface area (Å²) in [6.45, 7) is 6.18. The maximum atomic E-state index is 13.0. The molecule has 3 rings (SSSR count). The average molecular weight is 429 g/mol. The summed E-state index contributed by atoms with van der Waals surface area (Å²) in [4.78, 5) is 24.5. The summed E-state index contributed by atoms with van der Waals surface area (Å²) in [5.74, 6) is 0.638. The fourth-order valence-corrected chi connectivity index (χ4v) is 4.53. The van der Waals surface area contributed by atoms with Crippen LogP contribution in [0.25, 0.3) is 0 Å². The minimum absolute atomic E-state index is 0.0735. The number of benzene rings is 1. The fourth-order valence-electron chi connectivity index (χ4n) is 4.53. The number of carbonyl (C=O) groups excluding carboxylic acids is 2. The summed E-state index contributed by atoms with van der Waals surface area (Å²) in [5.41, 5.74) is 2.08. The molecule has 2 aliphatic carbocycles. The molecule has 0 spiro atoms. The molecule has 0 saturated heterocycles. The van der Waals surface area contributed by atoms with E-state index in [9.17, 15) is 9.59 Å². The van der Waals surface area contributed by atoms with Gasteiger partial charge in [-0.2, -0.15) is 0 Å². The Hall–Kier alpha value is -2.34. The van der Waals surface area contributed by atoms with Gasteiger partial charge in [-0.25, -0.2) is 4.79 Å². The molecular weight excluding hydrogens is 392 g/mol. The topological polar surface area (TPSA) is 76.7 Å². The van der Waals surface area contributed by atoms with Gasteiger partial charge < -0.3 is 20.1 Å². The van der Waals surface area contributed by atoms with Crippen molar-refractivity contribution >= 4 is 12.1 Å². The molecule has 0 radical (unpaired) electrons. The zero-order valence-electron chi connectivity index (χ0n) is 18.7. The molecule has 1 aromatic rings. The van der Waals surface area contributed by atoms with Gasteiger partial charge in [0.25, 0.3) is 0 Å². The van der Waals surface area contributed by atoms with E-state index in [4.69, 9.17) is 9.47 Å². The minimum atomic E-state index is -0.505. The van der Waals surface area contributed by atoms with Gasteiger partial charge in [-0.05, 0) is 62.5 Å². The second-order valence-corrected chi connectivity index (χ2v) is 8.86. The highest BCUT2D eigenvalue weighted by molar-refractivity contribution is 5.76. The molecule has 0 heterocycles. The number of alkyl carbamates (subject to hydrolysis) is 1. The Labute approximate surface area is 185 Å². The number of rotatable bonds is 9. The Bertz CT molecular complexity index is 734. The van der Waals surface area contributed by atoms with Crippen LogP contribution in [0.1, 0.15) is 75.8 Å². The van der Waals surface area contributed by atoms with Crippen LogP contribution in [0.3, 0.4) is 0 Å². The SMILES string of the molecule is C=C(C)OC(=O)NCc1ccc(CN[C@H](C(=O)OC2CCCC2)C2CCCCC2)cc1. The third-order valence-electron chi connectivity index (χ3n) is 6.21. The number of ether oxygens (including phenoxy) is 2. The highest BCUT2D eigenvalue weighted by atomic mass is 16.6. The summed E-state index contributed by atoms with van der Waals surface area (Å²) >= 11 is 0. The molecule has 2 aliphatic rings. The van der Waals surface area contributed by atoms with E-state index >= 15 is 0 Å². The van der Waals surface area contributed by atoms with Crippen molar-refractivity contribution < 1.29 is 19.1 Å². The fraction of sp³-hybridized carbons (Fsp3) is 0.600. The summed E-state index contributed by atoms with van der Waals surface area (Å²) in [5, 5.41) is 6.19. The molecule has 0 aliphatic heterocycles. The van der Waals surface area contributed by atoms with Crippen molar-refractivity contribution in [1.29, 1.82) is 0 Å². The minimum Gasteiger partial charge on any atom is -0.461 e. The first-order valence-electron chi connectivity index (χ1n) is 11.6. The molecule has 31 heavy (non-hydrogen) atoms. The van der Waals surface area contributed by atoms with Crippen LogP contribution in [0.4, 0.5) is 4.79 Å². The standard InChI is InChI=1S/C25H36N2O4/c1-18(2)30-25(29)27-17-20-14-12-19(13-15-20)16-26-23(21-8-4-3-5-9-21)24(28)31-22-10-6-7-11-22/h12-15,21-23,26H,1,3-11,16-17H2,2H3,(H,27,29)/t23-/m0/s1. The van der Waals surface area contributed by atoms with Crippen molar-refractivity contribution in [2.75, 3.05) is 0 Å². The van der Waals surface area contributed by atoms with Crippen molar-refractivity contribution in [2.45, 2.75) is 89.9 Å². The number of nitrogens with one attached hydrogen (secondary N) is 2. The summed E-state index contributed by atoms with van der Waals surface area (Å²) in [7, 11) is 0. The zero-order valence-corrected chi connectivity index (χ0v) is 18.7. The normalized spacial score (nSPS) is 18.4. The maximum Gasteiger partial charge on any atom is 0.412 e. The number of carbonyl (C=O) groups is 2. The lowest BCUT2D eigenvalue weighted by molar-refractivity contribution is -0.153. The molecule has 1 atom stereocenters. The van der Waals surface area contributed by atoms with Gasteiger partial charge in [-0.3, -0.25) is 4.79 Å². The number of allylic oxidation sites excluding steroid dienone is 1.